The Morgan fingerprint density at radius 2 is 2.10 bits per heavy atom. The maximum Gasteiger partial charge on any atom is 0.0901 e. The van der Waals surface area contributed by atoms with Gasteiger partial charge in [0.2, 0.25) is 0 Å². The van der Waals surface area contributed by atoms with Gasteiger partial charge in [-0.25, -0.2) is 0 Å². The maximum atomic E-state index is 5.82. The fourth-order valence-corrected chi connectivity index (χ4v) is 3.08. The zero-order valence-corrected chi connectivity index (χ0v) is 13.2. The summed E-state index contributed by atoms with van der Waals surface area (Å²) in [6, 6.07) is 4.37. The quantitative estimate of drug-likeness (QED) is 0.835. The lowest BCUT2D eigenvalue weighted by Gasteiger charge is -2.38. The Morgan fingerprint density at radius 1 is 1.40 bits per heavy atom. The van der Waals surface area contributed by atoms with Gasteiger partial charge in [0.15, 0.2) is 0 Å². The number of hydrogen-bond donors (Lipinski definition) is 1. The molecule has 110 valence electrons. The van der Waals surface area contributed by atoms with Crippen molar-refractivity contribution >= 4 is 17.2 Å². The molecular weight excluding hydrogens is 268 g/mol. The molecule has 0 radical (unpaired) electrons. The summed E-state index contributed by atoms with van der Waals surface area (Å²) in [5.74, 6) is 0. The summed E-state index contributed by atoms with van der Waals surface area (Å²) >= 11 is 5.16. The van der Waals surface area contributed by atoms with Gasteiger partial charge in [-0.2, -0.15) is 0 Å². The Bertz CT molecular complexity index is 455. The number of pyridine rings is 1. The number of nitrogens with zero attached hydrogens (tertiary/aromatic N) is 3. The Balaban J connectivity index is 1.88. The summed E-state index contributed by atoms with van der Waals surface area (Å²) < 4.78 is 0. The topological polar surface area (TPSA) is 45.4 Å². The minimum absolute atomic E-state index is 0.253. The van der Waals surface area contributed by atoms with E-state index in [9.17, 15) is 0 Å². The van der Waals surface area contributed by atoms with E-state index in [1.54, 1.807) is 0 Å². The first-order valence-electron chi connectivity index (χ1n) is 7.28. The van der Waals surface area contributed by atoms with E-state index >= 15 is 0 Å². The van der Waals surface area contributed by atoms with Crippen LogP contribution in [0.2, 0.25) is 0 Å². The fraction of sp³-hybridized carbons (Fsp3) is 0.600. The number of piperazine rings is 1. The number of rotatable bonds is 5. The first-order chi connectivity index (χ1) is 9.61. The molecule has 0 spiro atoms. The molecule has 2 rings (SSSR count). The molecule has 1 fully saturated rings. The second-order valence-electron chi connectivity index (χ2n) is 5.41. The summed E-state index contributed by atoms with van der Waals surface area (Å²) in [5, 5.41) is 0. The van der Waals surface area contributed by atoms with Crippen LogP contribution in [-0.4, -0.2) is 52.0 Å². The van der Waals surface area contributed by atoms with E-state index in [4.69, 9.17) is 18.0 Å². The Kier molecular flexibility index (Phi) is 5.46. The van der Waals surface area contributed by atoms with Gasteiger partial charge in [-0.05, 0) is 25.0 Å². The van der Waals surface area contributed by atoms with E-state index in [0.29, 0.717) is 4.99 Å². The van der Waals surface area contributed by atoms with Crippen LogP contribution in [0.3, 0.4) is 0 Å². The molecular formula is C15H24N4S. The molecule has 4 nitrogen and oxygen atoms in total. The highest BCUT2D eigenvalue weighted by Gasteiger charge is 2.24. The van der Waals surface area contributed by atoms with Crippen LogP contribution in [0.1, 0.15) is 24.6 Å². The minimum atomic E-state index is 0.253. The van der Waals surface area contributed by atoms with Crippen LogP contribution in [0.4, 0.5) is 0 Å². The molecule has 1 atom stereocenters. The number of nitrogens with two attached hydrogens (primary N) is 1. The summed E-state index contributed by atoms with van der Waals surface area (Å²) in [4.78, 5) is 9.96. The summed E-state index contributed by atoms with van der Waals surface area (Å²) in [7, 11) is 0. The molecule has 2 N–H and O–H groups in total. The van der Waals surface area contributed by atoms with E-state index < -0.39 is 0 Å². The number of aryl methyl sites for hydroxylation is 1. The highest BCUT2D eigenvalue weighted by atomic mass is 32.1. The van der Waals surface area contributed by atoms with Crippen molar-refractivity contribution in [3.63, 3.8) is 0 Å². The highest BCUT2D eigenvalue weighted by Crippen LogP contribution is 2.13. The van der Waals surface area contributed by atoms with Crippen molar-refractivity contribution in [3.05, 3.63) is 29.6 Å². The van der Waals surface area contributed by atoms with Crippen LogP contribution < -0.4 is 5.73 Å². The smallest absolute Gasteiger partial charge is 0.0901 e. The summed E-state index contributed by atoms with van der Waals surface area (Å²) in [5.41, 5.74) is 8.27. The molecule has 0 aliphatic carbocycles. The zero-order valence-electron chi connectivity index (χ0n) is 12.4. The van der Waals surface area contributed by atoms with Crippen LogP contribution >= 0.6 is 12.2 Å². The molecule has 1 aromatic rings. The molecule has 1 aliphatic rings. The van der Waals surface area contributed by atoms with Gasteiger partial charge in [0.25, 0.3) is 0 Å². The van der Waals surface area contributed by atoms with Crippen LogP contribution in [-0.2, 0) is 6.54 Å². The van der Waals surface area contributed by atoms with E-state index in [1.807, 2.05) is 12.3 Å². The standard InChI is InChI=1S/C15H24N4S/c1-3-14(15(16)20)19-9-7-18(8-10-19)11-13-12(2)5-4-6-17-13/h4-6,14H,3,7-11H2,1-2H3,(H2,16,20). The zero-order chi connectivity index (χ0) is 14.5. The number of thiocarbonyl (C=S) groups is 1. The van der Waals surface area contributed by atoms with E-state index in [1.165, 1.54) is 11.3 Å². The third-order valence-electron chi connectivity index (χ3n) is 4.05. The first kappa shape index (κ1) is 15.4. The fourth-order valence-electron chi connectivity index (χ4n) is 2.77. The third-order valence-corrected chi connectivity index (χ3v) is 4.33. The van der Waals surface area contributed by atoms with Gasteiger partial charge in [-0.1, -0.05) is 25.2 Å². The Labute approximate surface area is 127 Å². The predicted molar refractivity (Wildman–Crippen MR) is 86.7 cm³/mol. The van der Waals surface area contributed by atoms with Crippen molar-refractivity contribution in [1.82, 2.24) is 14.8 Å². The molecule has 0 amide bonds. The average Bonchev–Trinajstić information content (AvgIpc) is 2.43. The molecule has 5 heteroatoms. The third kappa shape index (κ3) is 3.75. The van der Waals surface area contributed by atoms with Crippen LogP contribution in [0.25, 0.3) is 0 Å². The highest BCUT2D eigenvalue weighted by molar-refractivity contribution is 7.80. The molecule has 0 saturated carbocycles. The van der Waals surface area contributed by atoms with Gasteiger partial charge in [0.05, 0.1) is 16.7 Å². The molecule has 0 bridgehead atoms. The monoisotopic (exact) mass is 292 g/mol. The van der Waals surface area contributed by atoms with Crippen molar-refractivity contribution < 1.29 is 0 Å². The van der Waals surface area contributed by atoms with Gasteiger partial charge >= 0.3 is 0 Å². The molecule has 20 heavy (non-hydrogen) atoms. The first-order valence-corrected chi connectivity index (χ1v) is 7.69. The van der Waals surface area contributed by atoms with Crippen LogP contribution in [0.5, 0.6) is 0 Å². The molecule has 2 heterocycles. The molecule has 1 saturated heterocycles. The van der Waals surface area contributed by atoms with Gasteiger partial charge in [0, 0.05) is 38.9 Å². The maximum absolute atomic E-state index is 5.82. The van der Waals surface area contributed by atoms with Gasteiger partial charge in [-0.15, -0.1) is 0 Å². The Hall–Kier alpha value is -1.04. The summed E-state index contributed by atoms with van der Waals surface area (Å²) in [6.45, 7) is 9.37. The Morgan fingerprint density at radius 3 is 2.65 bits per heavy atom. The van der Waals surface area contributed by atoms with Crippen molar-refractivity contribution in [2.24, 2.45) is 5.73 Å². The van der Waals surface area contributed by atoms with Crippen molar-refractivity contribution in [3.8, 4) is 0 Å². The second kappa shape index (κ2) is 7.11. The van der Waals surface area contributed by atoms with Gasteiger partial charge < -0.3 is 5.73 Å². The van der Waals surface area contributed by atoms with Crippen molar-refractivity contribution in [2.45, 2.75) is 32.9 Å². The van der Waals surface area contributed by atoms with Gasteiger partial charge in [-0.3, -0.25) is 14.8 Å². The molecule has 1 unspecified atom stereocenters. The number of aromatic nitrogens is 1. The van der Waals surface area contributed by atoms with E-state index in [-0.39, 0.29) is 6.04 Å². The number of hydrogen-bond acceptors (Lipinski definition) is 4. The van der Waals surface area contributed by atoms with Crippen LogP contribution in [0, 0.1) is 6.92 Å². The minimum Gasteiger partial charge on any atom is -0.392 e. The molecule has 0 aromatic carbocycles. The van der Waals surface area contributed by atoms with Crippen molar-refractivity contribution in [2.75, 3.05) is 26.2 Å². The molecule has 1 aromatic heterocycles. The lowest BCUT2D eigenvalue weighted by atomic mass is 10.1. The van der Waals surface area contributed by atoms with E-state index in [0.717, 1.165) is 39.1 Å². The normalized spacial score (nSPS) is 18.9. The second-order valence-corrected chi connectivity index (χ2v) is 5.88. The largest absolute Gasteiger partial charge is 0.392 e. The summed E-state index contributed by atoms with van der Waals surface area (Å²) in [6.07, 6.45) is 2.87. The SMILES string of the molecule is CCC(C(N)=S)N1CCN(Cc2ncccc2C)CC1. The van der Waals surface area contributed by atoms with Crippen molar-refractivity contribution in [1.29, 1.82) is 0 Å². The van der Waals surface area contributed by atoms with E-state index in [2.05, 4.69) is 34.7 Å². The van der Waals surface area contributed by atoms with Crippen LogP contribution in [0.15, 0.2) is 18.3 Å². The molecule has 1 aliphatic heterocycles. The predicted octanol–water partition coefficient (Wildman–Crippen LogP) is 1.57. The lowest BCUT2D eigenvalue weighted by Crippen LogP contribution is -2.53. The lowest BCUT2D eigenvalue weighted by molar-refractivity contribution is 0.111. The van der Waals surface area contributed by atoms with Gasteiger partial charge in [0.1, 0.15) is 0 Å². The average molecular weight is 292 g/mol.